The van der Waals surface area contributed by atoms with Crippen LogP contribution in [0.2, 0.25) is 5.02 Å². The summed E-state index contributed by atoms with van der Waals surface area (Å²) in [6.45, 7) is 9.62. The van der Waals surface area contributed by atoms with E-state index in [2.05, 4.69) is 63.2 Å². The fourth-order valence-electron chi connectivity index (χ4n) is 2.12. The zero-order chi connectivity index (χ0) is 14.4. The molecule has 19 heavy (non-hydrogen) atoms. The number of halogens is 1. The molecule has 1 unspecified atom stereocenters. The molecular formula is C16H27ClN2. The Labute approximate surface area is 123 Å². The number of nitrogens with one attached hydrogen (secondary N) is 1. The van der Waals surface area contributed by atoms with Crippen LogP contribution in [-0.4, -0.2) is 19.1 Å². The predicted octanol–water partition coefficient (Wildman–Crippen LogP) is 4.46. The van der Waals surface area contributed by atoms with E-state index in [4.69, 9.17) is 11.6 Å². The van der Waals surface area contributed by atoms with Crippen molar-refractivity contribution in [1.29, 1.82) is 0 Å². The Kier molecular flexibility index (Phi) is 6.67. The van der Waals surface area contributed by atoms with E-state index < -0.39 is 0 Å². The maximum Gasteiger partial charge on any atom is 0.0642 e. The highest BCUT2D eigenvalue weighted by molar-refractivity contribution is 6.33. The highest BCUT2D eigenvalue weighted by Crippen LogP contribution is 2.28. The van der Waals surface area contributed by atoms with Gasteiger partial charge in [0.05, 0.1) is 10.7 Å². The van der Waals surface area contributed by atoms with Gasteiger partial charge in [-0.1, -0.05) is 44.9 Å². The average Bonchev–Trinajstić information content (AvgIpc) is 2.36. The van der Waals surface area contributed by atoms with Crippen LogP contribution in [0.3, 0.4) is 0 Å². The Bertz CT molecular complexity index is 390. The summed E-state index contributed by atoms with van der Waals surface area (Å²) in [4.78, 5) is 2.27. The largest absolute Gasteiger partial charge is 0.371 e. The SMILES string of the molecule is CCCC(C)N(C)c1ccc(CNC(C)C)cc1Cl. The van der Waals surface area contributed by atoms with Crippen LogP contribution in [0.1, 0.15) is 46.1 Å². The summed E-state index contributed by atoms with van der Waals surface area (Å²) in [6, 6.07) is 7.37. The van der Waals surface area contributed by atoms with Crippen molar-refractivity contribution in [2.24, 2.45) is 0 Å². The maximum absolute atomic E-state index is 6.41. The third kappa shape index (κ3) is 5.04. The Hall–Kier alpha value is -0.730. The molecule has 0 aliphatic carbocycles. The number of hydrogen-bond donors (Lipinski definition) is 1. The summed E-state index contributed by atoms with van der Waals surface area (Å²) < 4.78 is 0. The highest BCUT2D eigenvalue weighted by Gasteiger charge is 2.12. The summed E-state index contributed by atoms with van der Waals surface area (Å²) in [7, 11) is 2.12. The first-order chi connectivity index (χ1) is 8.95. The van der Waals surface area contributed by atoms with Gasteiger partial charge in [0.2, 0.25) is 0 Å². The van der Waals surface area contributed by atoms with Crippen LogP contribution in [0.15, 0.2) is 18.2 Å². The van der Waals surface area contributed by atoms with Crippen molar-refractivity contribution in [3.05, 3.63) is 28.8 Å². The van der Waals surface area contributed by atoms with Gasteiger partial charge >= 0.3 is 0 Å². The molecule has 1 atom stereocenters. The highest BCUT2D eigenvalue weighted by atomic mass is 35.5. The van der Waals surface area contributed by atoms with E-state index in [1.807, 2.05) is 0 Å². The van der Waals surface area contributed by atoms with E-state index in [1.165, 1.54) is 18.4 Å². The van der Waals surface area contributed by atoms with Gasteiger partial charge in [-0.05, 0) is 31.0 Å². The van der Waals surface area contributed by atoms with E-state index in [1.54, 1.807) is 0 Å². The van der Waals surface area contributed by atoms with Gasteiger partial charge in [0.15, 0.2) is 0 Å². The third-order valence-corrected chi connectivity index (χ3v) is 3.78. The monoisotopic (exact) mass is 282 g/mol. The first kappa shape index (κ1) is 16.3. The van der Waals surface area contributed by atoms with Crippen LogP contribution < -0.4 is 10.2 Å². The molecule has 0 saturated heterocycles. The zero-order valence-corrected chi connectivity index (χ0v) is 13.6. The van der Waals surface area contributed by atoms with Crippen molar-refractivity contribution in [2.75, 3.05) is 11.9 Å². The Morgan fingerprint density at radius 3 is 2.47 bits per heavy atom. The van der Waals surface area contributed by atoms with Crippen molar-refractivity contribution < 1.29 is 0 Å². The first-order valence-electron chi connectivity index (χ1n) is 7.20. The van der Waals surface area contributed by atoms with Gasteiger partial charge in [0.1, 0.15) is 0 Å². The molecule has 0 heterocycles. The van der Waals surface area contributed by atoms with Crippen LogP contribution in [-0.2, 0) is 6.54 Å². The molecule has 0 saturated carbocycles. The topological polar surface area (TPSA) is 15.3 Å². The van der Waals surface area contributed by atoms with Crippen molar-refractivity contribution in [2.45, 2.75) is 59.2 Å². The molecule has 0 aliphatic rings. The quantitative estimate of drug-likeness (QED) is 0.794. The summed E-state index contributed by atoms with van der Waals surface area (Å²) in [5.74, 6) is 0. The van der Waals surface area contributed by atoms with Gasteiger partial charge in [-0.3, -0.25) is 0 Å². The maximum atomic E-state index is 6.41. The first-order valence-corrected chi connectivity index (χ1v) is 7.58. The normalized spacial score (nSPS) is 12.8. The molecule has 3 heteroatoms. The van der Waals surface area contributed by atoms with Crippen molar-refractivity contribution in [3.8, 4) is 0 Å². The smallest absolute Gasteiger partial charge is 0.0642 e. The number of rotatable bonds is 7. The van der Waals surface area contributed by atoms with Gasteiger partial charge in [-0.25, -0.2) is 0 Å². The summed E-state index contributed by atoms with van der Waals surface area (Å²) in [5, 5.41) is 4.25. The van der Waals surface area contributed by atoms with Crippen LogP contribution in [0.5, 0.6) is 0 Å². The lowest BCUT2D eigenvalue weighted by molar-refractivity contribution is 0.588. The molecule has 1 N–H and O–H groups in total. The molecule has 0 aliphatic heterocycles. The zero-order valence-electron chi connectivity index (χ0n) is 12.8. The fraction of sp³-hybridized carbons (Fsp3) is 0.625. The van der Waals surface area contributed by atoms with E-state index in [-0.39, 0.29) is 0 Å². The van der Waals surface area contributed by atoms with Crippen LogP contribution in [0.4, 0.5) is 5.69 Å². The lowest BCUT2D eigenvalue weighted by Gasteiger charge is -2.28. The number of nitrogens with zero attached hydrogens (tertiary/aromatic N) is 1. The molecule has 1 rings (SSSR count). The average molecular weight is 283 g/mol. The van der Waals surface area contributed by atoms with Crippen LogP contribution >= 0.6 is 11.6 Å². The standard InChI is InChI=1S/C16H27ClN2/c1-6-7-13(4)19(5)16-9-8-14(10-15(16)17)11-18-12(2)3/h8-10,12-13,18H,6-7,11H2,1-5H3. The lowest BCUT2D eigenvalue weighted by atomic mass is 10.1. The van der Waals surface area contributed by atoms with Crippen LogP contribution in [0, 0.1) is 0 Å². The summed E-state index contributed by atoms with van der Waals surface area (Å²) >= 11 is 6.41. The van der Waals surface area contributed by atoms with Crippen molar-refractivity contribution >= 4 is 17.3 Å². The third-order valence-electron chi connectivity index (χ3n) is 3.47. The second kappa shape index (κ2) is 7.76. The summed E-state index contributed by atoms with van der Waals surface area (Å²) in [5.41, 5.74) is 2.36. The number of anilines is 1. The minimum atomic E-state index is 0.491. The van der Waals surface area contributed by atoms with E-state index >= 15 is 0 Å². The van der Waals surface area contributed by atoms with Gasteiger partial charge < -0.3 is 10.2 Å². The van der Waals surface area contributed by atoms with Crippen LogP contribution in [0.25, 0.3) is 0 Å². The van der Waals surface area contributed by atoms with Gasteiger partial charge in [-0.15, -0.1) is 0 Å². The molecule has 0 amide bonds. The Balaban J connectivity index is 2.76. The van der Waals surface area contributed by atoms with E-state index in [0.29, 0.717) is 12.1 Å². The molecule has 0 fully saturated rings. The molecule has 0 spiro atoms. The second-order valence-corrected chi connectivity index (χ2v) is 5.98. The number of benzene rings is 1. The minimum Gasteiger partial charge on any atom is -0.371 e. The molecular weight excluding hydrogens is 256 g/mol. The molecule has 0 radical (unpaired) electrons. The molecule has 1 aromatic rings. The van der Waals surface area contributed by atoms with Gasteiger partial charge in [-0.2, -0.15) is 0 Å². The van der Waals surface area contributed by atoms with E-state index in [0.717, 1.165) is 17.3 Å². The number of hydrogen-bond acceptors (Lipinski definition) is 2. The fourth-order valence-corrected chi connectivity index (χ4v) is 2.45. The molecule has 2 nitrogen and oxygen atoms in total. The predicted molar refractivity (Wildman–Crippen MR) is 86.2 cm³/mol. The molecule has 0 aromatic heterocycles. The molecule has 1 aromatic carbocycles. The second-order valence-electron chi connectivity index (χ2n) is 5.57. The van der Waals surface area contributed by atoms with Crippen molar-refractivity contribution in [1.82, 2.24) is 5.32 Å². The molecule has 108 valence electrons. The van der Waals surface area contributed by atoms with Gasteiger partial charge in [0.25, 0.3) is 0 Å². The van der Waals surface area contributed by atoms with E-state index in [9.17, 15) is 0 Å². The minimum absolute atomic E-state index is 0.491. The molecule has 0 bridgehead atoms. The van der Waals surface area contributed by atoms with Gasteiger partial charge in [0, 0.05) is 25.7 Å². The Morgan fingerprint density at radius 1 is 1.26 bits per heavy atom. The Morgan fingerprint density at radius 2 is 1.95 bits per heavy atom. The van der Waals surface area contributed by atoms with Crippen molar-refractivity contribution in [3.63, 3.8) is 0 Å². The summed E-state index contributed by atoms with van der Waals surface area (Å²) in [6.07, 6.45) is 2.38. The lowest BCUT2D eigenvalue weighted by Crippen LogP contribution is -2.28.